The highest BCUT2D eigenvalue weighted by Gasteiger charge is 2.37. The molecule has 1 heterocycles. The van der Waals surface area contributed by atoms with Gasteiger partial charge in [0.15, 0.2) is 6.29 Å². The van der Waals surface area contributed by atoms with Crippen molar-refractivity contribution in [2.45, 2.75) is 43.9 Å². The van der Waals surface area contributed by atoms with Crippen LogP contribution in [0.2, 0.25) is 0 Å². The normalized spacial score (nSPS) is 43.2. The molecule has 13 heavy (non-hydrogen) atoms. The molecule has 0 aromatic rings. The van der Waals surface area contributed by atoms with Gasteiger partial charge in [0.05, 0.1) is 12.1 Å². The van der Waals surface area contributed by atoms with Crippen molar-refractivity contribution < 1.29 is 14.6 Å². The Balaban J connectivity index is 2.58. The fourth-order valence-electron chi connectivity index (χ4n) is 1.58. The number of nitrogens with two attached hydrogens (primary N) is 2. The predicted molar refractivity (Wildman–Crippen MR) is 47.9 cm³/mol. The molecule has 1 fully saturated rings. The first-order valence-electron chi connectivity index (χ1n) is 4.43. The van der Waals surface area contributed by atoms with Crippen LogP contribution in [-0.4, -0.2) is 42.8 Å². The van der Waals surface area contributed by atoms with E-state index in [0.29, 0.717) is 6.42 Å². The lowest BCUT2D eigenvalue weighted by Gasteiger charge is -2.38. The van der Waals surface area contributed by atoms with Crippen LogP contribution in [0.5, 0.6) is 0 Å². The van der Waals surface area contributed by atoms with Crippen molar-refractivity contribution in [1.29, 1.82) is 0 Å². The maximum Gasteiger partial charge on any atom is 0.172 e. The van der Waals surface area contributed by atoms with Crippen LogP contribution in [0.25, 0.3) is 0 Å². The molecule has 5 atom stereocenters. The summed E-state index contributed by atoms with van der Waals surface area (Å²) in [4.78, 5) is 0. The Morgan fingerprint density at radius 1 is 1.62 bits per heavy atom. The van der Waals surface area contributed by atoms with Gasteiger partial charge in [0, 0.05) is 13.2 Å². The smallest absolute Gasteiger partial charge is 0.172 e. The van der Waals surface area contributed by atoms with Crippen LogP contribution in [0.1, 0.15) is 13.3 Å². The molecule has 0 spiro atoms. The van der Waals surface area contributed by atoms with Crippen LogP contribution in [0.3, 0.4) is 0 Å². The van der Waals surface area contributed by atoms with Crippen LogP contribution < -0.4 is 11.5 Å². The average Bonchev–Trinajstić information content (AvgIpc) is 2.03. The van der Waals surface area contributed by atoms with Crippen molar-refractivity contribution in [2.75, 3.05) is 7.11 Å². The molecule has 1 saturated heterocycles. The summed E-state index contributed by atoms with van der Waals surface area (Å²) in [6.07, 6.45) is -0.976. The zero-order valence-electron chi connectivity index (χ0n) is 8.01. The summed E-state index contributed by atoms with van der Waals surface area (Å²) >= 11 is 0. The van der Waals surface area contributed by atoms with E-state index in [2.05, 4.69) is 0 Å². The molecule has 0 amide bonds. The maximum absolute atomic E-state index is 9.58. The van der Waals surface area contributed by atoms with Gasteiger partial charge in [-0.05, 0) is 13.3 Å². The summed E-state index contributed by atoms with van der Waals surface area (Å²) in [5, 5.41) is 9.58. The predicted octanol–water partition coefficient (Wildman–Crippen LogP) is -1.22. The molecular weight excluding hydrogens is 172 g/mol. The Morgan fingerprint density at radius 3 is 2.69 bits per heavy atom. The number of aliphatic hydroxyl groups excluding tert-OH is 1. The number of hydrogen-bond donors (Lipinski definition) is 3. The lowest BCUT2D eigenvalue weighted by Crippen LogP contribution is -2.56. The van der Waals surface area contributed by atoms with E-state index < -0.39 is 12.4 Å². The topological polar surface area (TPSA) is 90.7 Å². The van der Waals surface area contributed by atoms with Gasteiger partial charge in [0.2, 0.25) is 0 Å². The second-order valence-electron chi connectivity index (χ2n) is 3.53. The average molecular weight is 190 g/mol. The van der Waals surface area contributed by atoms with Crippen molar-refractivity contribution in [2.24, 2.45) is 11.5 Å². The molecule has 1 aliphatic heterocycles. The highest BCUT2D eigenvalue weighted by Crippen LogP contribution is 2.20. The third-order valence-corrected chi connectivity index (χ3v) is 2.28. The number of methoxy groups -OCH3 is 1. The summed E-state index contributed by atoms with van der Waals surface area (Å²) in [6.45, 7) is 1.79. The summed E-state index contributed by atoms with van der Waals surface area (Å²) in [6, 6.07) is -0.504. The third-order valence-electron chi connectivity index (χ3n) is 2.28. The molecule has 0 saturated carbocycles. The molecule has 0 aliphatic carbocycles. The van der Waals surface area contributed by atoms with Gasteiger partial charge in [-0.15, -0.1) is 0 Å². The number of rotatable bonds is 2. The molecule has 0 aromatic carbocycles. The second-order valence-corrected chi connectivity index (χ2v) is 3.53. The van der Waals surface area contributed by atoms with E-state index in [-0.39, 0.29) is 18.2 Å². The van der Waals surface area contributed by atoms with E-state index in [9.17, 15) is 5.11 Å². The van der Waals surface area contributed by atoms with E-state index in [1.54, 1.807) is 6.92 Å². The monoisotopic (exact) mass is 190 g/mol. The van der Waals surface area contributed by atoms with Crippen LogP contribution in [0, 0.1) is 0 Å². The zero-order chi connectivity index (χ0) is 10.0. The van der Waals surface area contributed by atoms with E-state index >= 15 is 0 Å². The molecule has 0 bridgehead atoms. The fourth-order valence-corrected chi connectivity index (χ4v) is 1.58. The van der Waals surface area contributed by atoms with Crippen molar-refractivity contribution in [1.82, 2.24) is 0 Å². The molecule has 5 nitrogen and oxygen atoms in total. The minimum absolute atomic E-state index is 0.222. The minimum Gasteiger partial charge on any atom is -0.390 e. The lowest BCUT2D eigenvalue weighted by atomic mass is 9.97. The van der Waals surface area contributed by atoms with Gasteiger partial charge in [0.25, 0.3) is 0 Å². The van der Waals surface area contributed by atoms with Crippen LogP contribution in [0.15, 0.2) is 0 Å². The number of aliphatic hydroxyl groups is 1. The molecule has 5 heteroatoms. The standard InChI is InChI=1S/C8H18N2O3/c1-4(9)7-6(11)3-5(10)8(12-2)13-7/h4-8,11H,3,9-10H2,1-2H3/t4?,5?,6?,7?,8-/m0/s1. The minimum atomic E-state index is -0.596. The molecule has 4 unspecified atom stereocenters. The molecule has 5 N–H and O–H groups in total. The first-order valence-corrected chi connectivity index (χ1v) is 4.43. The van der Waals surface area contributed by atoms with Crippen molar-refractivity contribution >= 4 is 0 Å². The molecule has 1 rings (SSSR count). The van der Waals surface area contributed by atoms with Gasteiger partial charge in [-0.3, -0.25) is 0 Å². The van der Waals surface area contributed by atoms with Gasteiger partial charge in [-0.25, -0.2) is 0 Å². The van der Waals surface area contributed by atoms with Crippen LogP contribution in [0.4, 0.5) is 0 Å². The molecule has 78 valence electrons. The molecular formula is C8H18N2O3. The Hall–Kier alpha value is -0.200. The summed E-state index contributed by atoms with van der Waals surface area (Å²) in [7, 11) is 1.53. The van der Waals surface area contributed by atoms with Gasteiger partial charge in [-0.1, -0.05) is 0 Å². The molecule has 0 radical (unpaired) electrons. The Bertz CT molecular complexity index is 165. The molecule has 0 aromatic heterocycles. The van der Waals surface area contributed by atoms with E-state index in [1.807, 2.05) is 0 Å². The first kappa shape index (κ1) is 10.9. The Morgan fingerprint density at radius 2 is 2.23 bits per heavy atom. The quantitative estimate of drug-likeness (QED) is 0.508. The van der Waals surface area contributed by atoms with E-state index in [0.717, 1.165) is 0 Å². The van der Waals surface area contributed by atoms with Gasteiger partial charge < -0.3 is 26.0 Å². The highest BCUT2D eigenvalue weighted by molar-refractivity contribution is 4.87. The third kappa shape index (κ3) is 2.38. The van der Waals surface area contributed by atoms with Crippen molar-refractivity contribution in [3.8, 4) is 0 Å². The van der Waals surface area contributed by atoms with Crippen molar-refractivity contribution in [3.05, 3.63) is 0 Å². The molecule has 1 aliphatic rings. The number of hydrogen-bond acceptors (Lipinski definition) is 5. The van der Waals surface area contributed by atoms with E-state index in [4.69, 9.17) is 20.9 Å². The fraction of sp³-hybridized carbons (Fsp3) is 1.00. The highest BCUT2D eigenvalue weighted by atomic mass is 16.7. The first-order chi connectivity index (χ1) is 6.06. The largest absolute Gasteiger partial charge is 0.390 e. The summed E-state index contributed by atoms with van der Waals surface area (Å²) in [5.74, 6) is 0. The Kier molecular flexibility index (Phi) is 3.63. The van der Waals surface area contributed by atoms with Gasteiger partial charge in [-0.2, -0.15) is 0 Å². The lowest BCUT2D eigenvalue weighted by molar-refractivity contribution is -0.223. The number of ether oxygens (including phenoxy) is 2. The maximum atomic E-state index is 9.58. The summed E-state index contributed by atoms with van der Waals surface area (Å²) < 4.78 is 10.4. The van der Waals surface area contributed by atoms with Crippen LogP contribution in [-0.2, 0) is 9.47 Å². The van der Waals surface area contributed by atoms with Gasteiger partial charge in [0.1, 0.15) is 6.10 Å². The Labute approximate surface area is 78.0 Å². The zero-order valence-corrected chi connectivity index (χ0v) is 8.01. The van der Waals surface area contributed by atoms with Gasteiger partial charge >= 0.3 is 0 Å². The van der Waals surface area contributed by atoms with Crippen LogP contribution >= 0.6 is 0 Å². The second kappa shape index (κ2) is 4.34. The van der Waals surface area contributed by atoms with E-state index in [1.165, 1.54) is 7.11 Å². The van der Waals surface area contributed by atoms with Crippen molar-refractivity contribution in [3.63, 3.8) is 0 Å². The SMILES string of the molecule is CO[C@H]1OC(C(C)N)C(O)CC1N. The summed E-state index contributed by atoms with van der Waals surface area (Å²) in [5.41, 5.74) is 11.3.